The van der Waals surface area contributed by atoms with Crippen LogP contribution in [0.4, 0.5) is 0 Å². The normalized spacial score (nSPS) is 12.0. The molecule has 0 radical (unpaired) electrons. The third-order valence-electron chi connectivity index (χ3n) is 3.06. The average Bonchev–Trinajstić information content (AvgIpc) is 2.44. The smallest absolute Gasteiger partial charge is 0.219 e. The lowest BCUT2D eigenvalue weighted by molar-refractivity contribution is -0.121. The number of benzene rings is 1. The molecule has 5 heteroatoms. The molecular weight excluding hydrogens is 322 g/mol. The minimum atomic E-state index is 0.0242. The van der Waals surface area contributed by atoms with Gasteiger partial charge in [-0.3, -0.25) is 4.79 Å². The molecule has 0 aliphatic rings. The molecule has 0 aromatic heterocycles. The first-order valence-electron chi connectivity index (χ1n) is 6.80. The summed E-state index contributed by atoms with van der Waals surface area (Å²) in [6.45, 7) is 2.52. The first-order chi connectivity index (χ1) is 9.60. The minimum Gasteiger partial charge on any atom is -0.496 e. The number of aliphatic hydroxyl groups excluding tert-OH is 1. The number of ether oxygens (including phenoxy) is 1. The van der Waals surface area contributed by atoms with E-state index in [0.29, 0.717) is 19.4 Å². The zero-order valence-corrected chi connectivity index (χ0v) is 13.6. The number of halogens is 1. The van der Waals surface area contributed by atoms with Crippen molar-refractivity contribution in [3.8, 4) is 5.75 Å². The Kier molecular flexibility index (Phi) is 7.62. The second-order valence-corrected chi connectivity index (χ2v) is 5.63. The van der Waals surface area contributed by atoms with Crippen LogP contribution in [0.3, 0.4) is 0 Å². The lowest BCUT2D eigenvalue weighted by atomic mass is 10.00. The van der Waals surface area contributed by atoms with Gasteiger partial charge in [-0.05, 0) is 46.5 Å². The lowest BCUT2D eigenvalue weighted by Gasteiger charge is -2.16. The molecule has 0 fully saturated rings. The zero-order valence-electron chi connectivity index (χ0n) is 12.0. The molecule has 0 heterocycles. The van der Waals surface area contributed by atoms with E-state index in [1.54, 1.807) is 7.11 Å². The van der Waals surface area contributed by atoms with Crippen LogP contribution < -0.4 is 10.1 Å². The highest BCUT2D eigenvalue weighted by molar-refractivity contribution is 9.10. The van der Waals surface area contributed by atoms with E-state index in [2.05, 4.69) is 21.2 Å². The van der Waals surface area contributed by atoms with Crippen LogP contribution in [0.25, 0.3) is 0 Å². The van der Waals surface area contributed by atoms with Crippen molar-refractivity contribution >= 4 is 21.8 Å². The van der Waals surface area contributed by atoms with Crippen LogP contribution in [-0.2, 0) is 11.2 Å². The topological polar surface area (TPSA) is 58.6 Å². The summed E-state index contributed by atoms with van der Waals surface area (Å²) < 4.78 is 6.08. The largest absolute Gasteiger partial charge is 0.496 e. The summed E-state index contributed by atoms with van der Waals surface area (Å²) in [7, 11) is 1.62. The molecule has 1 aromatic rings. The van der Waals surface area contributed by atoms with Crippen LogP contribution in [0.5, 0.6) is 5.75 Å². The maximum Gasteiger partial charge on any atom is 0.219 e. The predicted molar refractivity (Wildman–Crippen MR) is 82.9 cm³/mol. The van der Waals surface area contributed by atoms with E-state index < -0.39 is 0 Å². The Morgan fingerprint density at radius 1 is 1.50 bits per heavy atom. The predicted octanol–water partition coefficient (Wildman–Crippen LogP) is 2.53. The number of methoxy groups -OCH3 is 1. The molecule has 1 atom stereocenters. The van der Waals surface area contributed by atoms with Crippen molar-refractivity contribution in [2.24, 2.45) is 5.92 Å². The van der Waals surface area contributed by atoms with Gasteiger partial charge in [0.05, 0.1) is 11.6 Å². The van der Waals surface area contributed by atoms with E-state index in [0.717, 1.165) is 22.2 Å². The second kappa shape index (κ2) is 8.97. The number of hydrogen-bond donors (Lipinski definition) is 2. The molecule has 1 rings (SSSR count). The average molecular weight is 344 g/mol. The third-order valence-corrected chi connectivity index (χ3v) is 3.68. The Bertz CT molecular complexity index is 437. The van der Waals surface area contributed by atoms with Gasteiger partial charge >= 0.3 is 0 Å². The van der Waals surface area contributed by atoms with Gasteiger partial charge in [0.1, 0.15) is 5.75 Å². The second-order valence-electron chi connectivity index (χ2n) is 4.78. The van der Waals surface area contributed by atoms with E-state index in [4.69, 9.17) is 4.74 Å². The van der Waals surface area contributed by atoms with Crippen molar-refractivity contribution in [2.75, 3.05) is 20.3 Å². The Labute approximate surface area is 128 Å². The van der Waals surface area contributed by atoms with Crippen molar-refractivity contribution in [2.45, 2.75) is 26.2 Å². The van der Waals surface area contributed by atoms with Gasteiger partial charge in [-0.1, -0.05) is 13.0 Å². The van der Waals surface area contributed by atoms with Crippen LogP contribution in [0.1, 0.15) is 25.3 Å². The highest BCUT2D eigenvalue weighted by atomic mass is 79.9. The van der Waals surface area contributed by atoms with Gasteiger partial charge in [-0.25, -0.2) is 0 Å². The van der Waals surface area contributed by atoms with Gasteiger partial charge in [0.15, 0.2) is 0 Å². The van der Waals surface area contributed by atoms with Gasteiger partial charge in [-0.2, -0.15) is 0 Å². The number of carbonyl (C=O) groups excluding carboxylic acids is 1. The summed E-state index contributed by atoms with van der Waals surface area (Å²) in [5, 5.41) is 12.3. The summed E-state index contributed by atoms with van der Waals surface area (Å²) in [4.78, 5) is 11.4. The molecule has 20 heavy (non-hydrogen) atoms. The quantitative estimate of drug-likeness (QED) is 0.762. The fourth-order valence-corrected chi connectivity index (χ4v) is 2.53. The van der Waals surface area contributed by atoms with Crippen molar-refractivity contribution in [3.63, 3.8) is 0 Å². The molecule has 1 amide bonds. The molecule has 4 nitrogen and oxygen atoms in total. The molecule has 112 valence electrons. The summed E-state index contributed by atoms with van der Waals surface area (Å²) in [6.07, 6.45) is 2.08. The van der Waals surface area contributed by atoms with Crippen molar-refractivity contribution in [1.82, 2.24) is 5.32 Å². The van der Waals surface area contributed by atoms with Crippen molar-refractivity contribution < 1.29 is 14.6 Å². The van der Waals surface area contributed by atoms with Crippen LogP contribution in [0.15, 0.2) is 22.7 Å². The number of hydrogen-bond acceptors (Lipinski definition) is 3. The number of amides is 1. The standard InChI is InChI=1S/C15H22BrNO3/c1-3-4-15(19)17-9-12(10-18)7-11-5-6-14(20-2)13(16)8-11/h5-6,8,12,18H,3-4,7,9-10H2,1-2H3,(H,17,19)/t12-/m1/s1. The van der Waals surface area contributed by atoms with Gasteiger partial charge in [0.25, 0.3) is 0 Å². The SMILES string of the molecule is CCCC(=O)NC[C@H](CO)Cc1ccc(OC)c(Br)c1. The van der Waals surface area contributed by atoms with E-state index in [9.17, 15) is 9.90 Å². The van der Waals surface area contributed by atoms with Crippen molar-refractivity contribution in [3.05, 3.63) is 28.2 Å². The molecule has 1 aromatic carbocycles. The summed E-state index contributed by atoms with van der Waals surface area (Å²) in [5.74, 6) is 0.850. The molecule has 0 spiro atoms. The van der Waals surface area contributed by atoms with Crippen molar-refractivity contribution in [1.29, 1.82) is 0 Å². The van der Waals surface area contributed by atoms with Gasteiger partial charge in [0, 0.05) is 25.5 Å². The van der Waals surface area contributed by atoms with E-state index in [-0.39, 0.29) is 18.4 Å². The summed E-state index contributed by atoms with van der Waals surface area (Å²) in [5.41, 5.74) is 1.10. The van der Waals surface area contributed by atoms with Crippen LogP contribution >= 0.6 is 15.9 Å². The molecule has 0 aliphatic heterocycles. The minimum absolute atomic E-state index is 0.0242. The van der Waals surface area contributed by atoms with Gasteiger partial charge in [-0.15, -0.1) is 0 Å². The highest BCUT2D eigenvalue weighted by Crippen LogP contribution is 2.26. The lowest BCUT2D eigenvalue weighted by Crippen LogP contribution is -2.31. The Hall–Kier alpha value is -1.07. The maximum absolute atomic E-state index is 11.4. The summed E-state index contributed by atoms with van der Waals surface area (Å²) >= 11 is 3.44. The number of carbonyl (C=O) groups is 1. The fraction of sp³-hybridized carbons (Fsp3) is 0.533. The van der Waals surface area contributed by atoms with Crippen LogP contribution in [0, 0.1) is 5.92 Å². The van der Waals surface area contributed by atoms with Gasteiger partial charge in [0.2, 0.25) is 5.91 Å². The number of nitrogens with one attached hydrogen (secondary N) is 1. The maximum atomic E-state index is 11.4. The molecule has 0 saturated heterocycles. The molecule has 0 unspecified atom stereocenters. The zero-order chi connectivity index (χ0) is 15.0. The van der Waals surface area contributed by atoms with Crippen LogP contribution in [0.2, 0.25) is 0 Å². The molecule has 0 aliphatic carbocycles. The molecular formula is C15H22BrNO3. The fourth-order valence-electron chi connectivity index (χ4n) is 1.95. The summed E-state index contributed by atoms with van der Waals surface area (Å²) in [6, 6.07) is 5.85. The van der Waals surface area contributed by atoms with E-state index in [1.807, 2.05) is 25.1 Å². The number of rotatable bonds is 8. The molecule has 0 bridgehead atoms. The van der Waals surface area contributed by atoms with Crippen LogP contribution in [-0.4, -0.2) is 31.3 Å². The third kappa shape index (κ3) is 5.51. The first kappa shape index (κ1) is 17.0. The molecule has 0 saturated carbocycles. The van der Waals surface area contributed by atoms with E-state index >= 15 is 0 Å². The monoisotopic (exact) mass is 343 g/mol. The molecule has 2 N–H and O–H groups in total. The van der Waals surface area contributed by atoms with Gasteiger partial charge < -0.3 is 15.2 Å². The Morgan fingerprint density at radius 3 is 2.80 bits per heavy atom. The first-order valence-corrected chi connectivity index (χ1v) is 7.60. The van der Waals surface area contributed by atoms with E-state index in [1.165, 1.54) is 0 Å². The number of aliphatic hydroxyl groups is 1. The Morgan fingerprint density at radius 2 is 2.25 bits per heavy atom. The Balaban J connectivity index is 2.55. The highest BCUT2D eigenvalue weighted by Gasteiger charge is 2.11.